The molecule has 23 heavy (non-hydrogen) atoms. The van der Waals surface area contributed by atoms with Crippen molar-refractivity contribution in [2.45, 2.75) is 11.3 Å². The van der Waals surface area contributed by atoms with Gasteiger partial charge in [-0.15, -0.1) is 10.2 Å². The number of thioether (sulfide) groups is 1. The first-order chi connectivity index (χ1) is 11.1. The highest BCUT2D eigenvalue weighted by atomic mass is 32.2. The lowest BCUT2D eigenvalue weighted by Crippen LogP contribution is -2.20. The number of carbonyl (C=O) groups is 2. The fraction of sp³-hybridized carbons (Fsp3) is 0.286. The summed E-state index contributed by atoms with van der Waals surface area (Å²) in [6.45, 7) is 1.83. The van der Waals surface area contributed by atoms with Crippen LogP contribution >= 0.6 is 23.1 Å². The first-order valence-corrected chi connectivity index (χ1v) is 8.39. The average Bonchev–Trinajstić information content (AvgIpc) is 2.98. The lowest BCUT2D eigenvalue weighted by atomic mass is 10.2. The van der Waals surface area contributed by atoms with Crippen molar-refractivity contribution < 1.29 is 19.1 Å². The average molecular weight is 353 g/mol. The van der Waals surface area contributed by atoms with Crippen LogP contribution in [0.25, 0.3) is 0 Å². The molecule has 0 spiro atoms. The molecule has 1 aromatic carbocycles. The molecule has 122 valence electrons. The second kappa shape index (κ2) is 8.49. The number of aryl methyl sites for hydroxylation is 1. The Kier molecular flexibility index (Phi) is 6.36. The van der Waals surface area contributed by atoms with E-state index in [1.54, 1.807) is 6.07 Å². The van der Waals surface area contributed by atoms with E-state index in [-0.39, 0.29) is 24.2 Å². The molecule has 0 aliphatic carbocycles. The number of esters is 1. The number of hydrogen-bond donors (Lipinski definition) is 1. The summed E-state index contributed by atoms with van der Waals surface area (Å²) < 4.78 is 10.5. The third kappa shape index (κ3) is 5.87. The van der Waals surface area contributed by atoms with E-state index in [1.165, 1.54) is 30.2 Å². The molecule has 0 atom stereocenters. The highest BCUT2D eigenvalue weighted by Gasteiger charge is 2.11. The number of methoxy groups -OCH3 is 1. The maximum Gasteiger partial charge on any atom is 0.316 e. The van der Waals surface area contributed by atoms with Gasteiger partial charge in [0.25, 0.3) is 5.91 Å². The van der Waals surface area contributed by atoms with Crippen LogP contribution in [0.4, 0.5) is 5.13 Å². The number of ether oxygens (including phenoxy) is 2. The zero-order valence-electron chi connectivity index (χ0n) is 12.6. The maximum absolute atomic E-state index is 11.8. The Morgan fingerprint density at radius 1 is 1.35 bits per heavy atom. The van der Waals surface area contributed by atoms with Gasteiger partial charge in [0.05, 0.1) is 12.9 Å². The summed E-state index contributed by atoms with van der Waals surface area (Å²) in [7, 11) is 1.32. The van der Waals surface area contributed by atoms with E-state index < -0.39 is 0 Å². The first kappa shape index (κ1) is 17.2. The predicted molar refractivity (Wildman–Crippen MR) is 88.0 cm³/mol. The Balaban J connectivity index is 1.79. The predicted octanol–water partition coefficient (Wildman–Crippen LogP) is 2.13. The van der Waals surface area contributed by atoms with E-state index >= 15 is 0 Å². The summed E-state index contributed by atoms with van der Waals surface area (Å²) >= 11 is 2.38. The molecular formula is C14H15N3O4S2. The summed E-state index contributed by atoms with van der Waals surface area (Å²) in [6, 6.07) is 7.44. The molecule has 0 aliphatic heterocycles. The molecule has 0 aliphatic rings. The molecule has 2 aromatic rings. The molecule has 0 fully saturated rings. The van der Waals surface area contributed by atoms with Crippen molar-refractivity contribution in [2.24, 2.45) is 0 Å². The minimum absolute atomic E-state index is 0.117. The van der Waals surface area contributed by atoms with Gasteiger partial charge in [0, 0.05) is 0 Å². The summed E-state index contributed by atoms with van der Waals surface area (Å²) in [4.78, 5) is 22.9. The Labute approximate surface area is 141 Å². The number of carbonyl (C=O) groups excluding carboxylic acids is 2. The van der Waals surface area contributed by atoms with Crippen molar-refractivity contribution in [3.63, 3.8) is 0 Å². The van der Waals surface area contributed by atoms with Gasteiger partial charge in [-0.3, -0.25) is 14.9 Å². The van der Waals surface area contributed by atoms with Crippen LogP contribution in [0.5, 0.6) is 5.75 Å². The van der Waals surface area contributed by atoms with Crippen LogP contribution in [-0.4, -0.2) is 41.5 Å². The molecule has 0 unspecified atom stereocenters. The monoisotopic (exact) mass is 353 g/mol. The Morgan fingerprint density at radius 3 is 2.91 bits per heavy atom. The normalized spacial score (nSPS) is 10.2. The van der Waals surface area contributed by atoms with Gasteiger partial charge in [-0.05, 0) is 24.6 Å². The van der Waals surface area contributed by atoms with E-state index in [0.717, 1.165) is 5.56 Å². The third-order valence-corrected chi connectivity index (χ3v) is 4.50. The van der Waals surface area contributed by atoms with Crippen molar-refractivity contribution in [2.75, 3.05) is 24.8 Å². The molecular weight excluding hydrogens is 338 g/mol. The van der Waals surface area contributed by atoms with Crippen molar-refractivity contribution >= 4 is 40.1 Å². The van der Waals surface area contributed by atoms with Gasteiger partial charge >= 0.3 is 5.97 Å². The van der Waals surface area contributed by atoms with E-state index in [4.69, 9.17) is 4.74 Å². The topological polar surface area (TPSA) is 90.4 Å². The van der Waals surface area contributed by atoms with Gasteiger partial charge in [-0.1, -0.05) is 35.2 Å². The number of nitrogens with one attached hydrogen (secondary N) is 1. The summed E-state index contributed by atoms with van der Waals surface area (Å²) in [5.41, 5.74) is 1.05. The molecule has 0 bridgehead atoms. The standard InChI is InChI=1S/C14H15N3O4S2/c1-9-4-3-5-10(6-9)21-7-11(18)15-13-16-17-14(23-13)22-8-12(19)20-2/h3-6H,7-8H2,1-2H3,(H,15,16,18). The van der Waals surface area contributed by atoms with Crippen LogP contribution in [0.3, 0.4) is 0 Å². The van der Waals surface area contributed by atoms with E-state index in [0.29, 0.717) is 15.2 Å². The van der Waals surface area contributed by atoms with Crippen LogP contribution in [-0.2, 0) is 14.3 Å². The molecule has 2 rings (SSSR count). The van der Waals surface area contributed by atoms with Gasteiger partial charge in [0.15, 0.2) is 10.9 Å². The molecule has 0 saturated carbocycles. The highest BCUT2D eigenvalue weighted by molar-refractivity contribution is 8.01. The fourth-order valence-corrected chi connectivity index (χ4v) is 3.11. The van der Waals surface area contributed by atoms with Gasteiger partial charge < -0.3 is 9.47 Å². The second-order valence-electron chi connectivity index (χ2n) is 4.39. The molecule has 1 aromatic heterocycles. The molecule has 7 nitrogen and oxygen atoms in total. The van der Waals surface area contributed by atoms with Gasteiger partial charge in [0.1, 0.15) is 5.75 Å². The lowest BCUT2D eigenvalue weighted by molar-refractivity contribution is -0.137. The molecule has 0 saturated heterocycles. The summed E-state index contributed by atoms with van der Waals surface area (Å²) in [5, 5.41) is 10.7. The minimum Gasteiger partial charge on any atom is -0.484 e. The van der Waals surface area contributed by atoms with Crippen molar-refractivity contribution in [3.05, 3.63) is 29.8 Å². The van der Waals surface area contributed by atoms with Crippen LogP contribution in [0.15, 0.2) is 28.6 Å². The van der Waals surface area contributed by atoms with Crippen LogP contribution in [0.2, 0.25) is 0 Å². The number of aromatic nitrogens is 2. The van der Waals surface area contributed by atoms with E-state index in [2.05, 4.69) is 20.3 Å². The largest absolute Gasteiger partial charge is 0.484 e. The Bertz CT molecular complexity index is 690. The molecule has 0 radical (unpaired) electrons. The van der Waals surface area contributed by atoms with Crippen molar-refractivity contribution in [1.82, 2.24) is 10.2 Å². The maximum atomic E-state index is 11.8. The zero-order chi connectivity index (χ0) is 16.7. The summed E-state index contributed by atoms with van der Waals surface area (Å²) in [6.07, 6.45) is 0. The number of benzene rings is 1. The van der Waals surface area contributed by atoms with E-state index in [9.17, 15) is 9.59 Å². The molecule has 1 amide bonds. The van der Waals surface area contributed by atoms with Gasteiger partial charge in [-0.2, -0.15) is 0 Å². The van der Waals surface area contributed by atoms with Crippen molar-refractivity contribution in [1.29, 1.82) is 0 Å². The Hall–Kier alpha value is -2.13. The SMILES string of the molecule is COC(=O)CSc1nnc(NC(=O)COc2cccc(C)c2)s1. The smallest absolute Gasteiger partial charge is 0.316 e. The first-order valence-electron chi connectivity index (χ1n) is 6.59. The number of nitrogens with zero attached hydrogens (tertiary/aromatic N) is 2. The zero-order valence-corrected chi connectivity index (χ0v) is 14.2. The molecule has 1 heterocycles. The Morgan fingerprint density at radius 2 is 2.17 bits per heavy atom. The third-order valence-electron chi connectivity index (χ3n) is 2.55. The van der Waals surface area contributed by atoms with Crippen molar-refractivity contribution in [3.8, 4) is 5.75 Å². The molecule has 9 heteroatoms. The summed E-state index contributed by atoms with van der Waals surface area (Å²) in [5.74, 6) is 0.108. The van der Waals surface area contributed by atoms with Gasteiger partial charge in [0.2, 0.25) is 5.13 Å². The highest BCUT2D eigenvalue weighted by Crippen LogP contribution is 2.25. The lowest BCUT2D eigenvalue weighted by Gasteiger charge is -2.05. The van der Waals surface area contributed by atoms with Crippen LogP contribution < -0.4 is 10.1 Å². The minimum atomic E-state index is -0.345. The fourth-order valence-electron chi connectivity index (χ4n) is 1.51. The van der Waals surface area contributed by atoms with Crippen LogP contribution in [0, 0.1) is 6.92 Å². The molecule has 1 N–H and O–H groups in total. The number of amides is 1. The van der Waals surface area contributed by atoms with Gasteiger partial charge in [-0.25, -0.2) is 0 Å². The number of anilines is 1. The quantitative estimate of drug-likeness (QED) is 0.463. The second-order valence-corrected chi connectivity index (χ2v) is 6.59. The van der Waals surface area contributed by atoms with Crippen LogP contribution in [0.1, 0.15) is 5.56 Å². The number of rotatable bonds is 7. The van der Waals surface area contributed by atoms with E-state index in [1.807, 2.05) is 25.1 Å². The number of hydrogen-bond acceptors (Lipinski definition) is 8.